The van der Waals surface area contributed by atoms with E-state index in [-0.39, 0.29) is 11.7 Å². The molecule has 1 aliphatic rings. The van der Waals surface area contributed by atoms with Gasteiger partial charge in [0.2, 0.25) is 0 Å². The molecule has 36 heavy (non-hydrogen) atoms. The first-order valence-corrected chi connectivity index (χ1v) is 13.2. The Morgan fingerprint density at radius 3 is 2.64 bits per heavy atom. The molecule has 1 unspecified atom stereocenters. The second-order valence-electron chi connectivity index (χ2n) is 9.41. The number of benzene rings is 2. The fourth-order valence-electron chi connectivity index (χ4n) is 4.87. The highest BCUT2D eigenvalue weighted by Crippen LogP contribution is 2.34. The van der Waals surface area contributed by atoms with Crippen LogP contribution in [0.3, 0.4) is 0 Å². The van der Waals surface area contributed by atoms with Crippen molar-refractivity contribution >= 4 is 22.2 Å². The van der Waals surface area contributed by atoms with Crippen LogP contribution in [0.4, 0.5) is 0 Å². The Morgan fingerprint density at radius 1 is 1.11 bits per heavy atom. The van der Waals surface area contributed by atoms with Crippen molar-refractivity contribution in [3.63, 3.8) is 0 Å². The van der Waals surface area contributed by atoms with Crippen molar-refractivity contribution in [2.24, 2.45) is 13.0 Å². The van der Waals surface area contributed by atoms with Crippen LogP contribution in [0.15, 0.2) is 71.8 Å². The highest BCUT2D eigenvalue weighted by Gasteiger charge is 2.24. The van der Waals surface area contributed by atoms with Gasteiger partial charge in [0.1, 0.15) is 5.75 Å². The van der Waals surface area contributed by atoms with Gasteiger partial charge in [0.25, 0.3) is 5.56 Å². The smallest absolute Gasteiger partial charge is 0.254 e. The molecule has 5 rings (SSSR count). The third-order valence-electron chi connectivity index (χ3n) is 6.90. The van der Waals surface area contributed by atoms with Crippen LogP contribution in [0.1, 0.15) is 31.2 Å². The fourth-order valence-corrected chi connectivity index (χ4v) is 5.24. The van der Waals surface area contributed by atoms with Crippen LogP contribution < -0.4 is 15.0 Å². The van der Waals surface area contributed by atoms with Crippen LogP contribution in [-0.2, 0) is 24.9 Å². The molecule has 2 aromatic carbocycles. The second-order valence-corrected chi connectivity index (χ2v) is 10.2. The van der Waals surface area contributed by atoms with E-state index in [1.807, 2.05) is 47.4 Å². The van der Waals surface area contributed by atoms with Crippen LogP contribution in [0, 0.1) is 5.92 Å². The van der Waals surface area contributed by atoms with Gasteiger partial charge in [-0.2, -0.15) is 5.10 Å². The summed E-state index contributed by atoms with van der Waals surface area (Å²) in [5.74, 6) is 0.881. The first kappa shape index (κ1) is 24.4. The number of nitrogens with zero attached hydrogens (tertiary/aromatic N) is 3. The van der Waals surface area contributed by atoms with Gasteiger partial charge in [-0.1, -0.05) is 42.5 Å². The molecule has 8 nitrogen and oxygen atoms in total. The minimum Gasteiger partial charge on any atom is -0.760 e. The number of pyridine rings is 1. The number of hydrogen-bond acceptors (Lipinski definition) is 5. The minimum absolute atomic E-state index is 0.0165. The zero-order chi connectivity index (χ0) is 25.1. The Kier molecular flexibility index (Phi) is 7.31. The molecular weight excluding hydrogens is 476 g/mol. The Morgan fingerprint density at radius 2 is 1.89 bits per heavy atom. The molecule has 0 saturated heterocycles. The third-order valence-corrected chi connectivity index (χ3v) is 7.30. The van der Waals surface area contributed by atoms with E-state index in [4.69, 9.17) is 4.74 Å². The lowest BCUT2D eigenvalue weighted by Gasteiger charge is -2.30. The standard InChI is InChI=1S/C27H30N4O4S/c1-30-18-24(26(14-27(30)32)35-23-11-7-19(8-12-23)15-29-36(33)34)21-9-10-22-16-28-31(25(22)13-21)17-20-5-3-2-4-6-20/h2-6,9-10,13-14,16,18-19,23,29H,7-8,11-12,15,17H2,1H3,(H,33,34)/p-1. The number of aromatic nitrogens is 3. The van der Waals surface area contributed by atoms with Gasteiger partial charge in [-0.05, 0) is 48.8 Å². The Hall–Kier alpha value is -3.27. The molecule has 0 spiro atoms. The Bertz CT molecular complexity index is 1420. The number of ether oxygens (including phenoxy) is 1. The van der Waals surface area contributed by atoms with Crippen molar-refractivity contribution in [1.29, 1.82) is 0 Å². The summed E-state index contributed by atoms with van der Waals surface area (Å²) in [6.45, 7) is 1.12. The van der Waals surface area contributed by atoms with Gasteiger partial charge in [0.05, 0.1) is 24.4 Å². The van der Waals surface area contributed by atoms with E-state index in [1.165, 1.54) is 5.56 Å². The van der Waals surface area contributed by atoms with E-state index >= 15 is 0 Å². The van der Waals surface area contributed by atoms with Crippen LogP contribution in [0.25, 0.3) is 22.0 Å². The van der Waals surface area contributed by atoms with Gasteiger partial charge in [-0.25, -0.2) is 4.72 Å². The van der Waals surface area contributed by atoms with Crippen LogP contribution in [0.2, 0.25) is 0 Å². The van der Waals surface area contributed by atoms with E-state index < -0.39 is 11.3 Å². The van der Waals surface area contributed by atoms with E-state index in [2.05, 4.69) is 28.0 Å². The minimum atomic E-state index is -2.23. The molecule has 0 radical (unpaired) electrons. The number of aryl methyl sites for hydroxylation is 1. The maximum Gasteiger partial charge on any atom is 0.254 e. The third kappa shape index (κ3) is 5.59. The average molecular weight is 506 g/mol. The maximum absolute atomic E-state index is 12.5. The van der Waals surface area contributed by atoms with Gasteiger partial charge in [-0.3, -0.25) is 13.7 Å². The summed E-state index contributed by atoms with van der Waals surface area (Å²) in [6, 6.07) is 18.0. The van der Waals surface area contributed by atoms with E-state index in [1.54, 1.807) is 17.7 Å². The molecular formula is C27H29N4O4S-. The molecule has 0 bridgehead atoms. The van der Waals surface area contributed by atoms with Crippen molar-refractivity contribution in [1.82, 2.24) is 19.1 Å². The van der Waals surface area contributed by atoms with Gasteiger partial charge < -0.3 is 13.9 Å². The average Bonchev–Trinajstić information content (AvgIpc) is 3.28. The number of hydrogen-bond donors (Lipinski definition) is 1. The molecule has 1 atom stereocenters. The summed E-state index contributed by atoms with van der Waals surface area (Å²) in [5.41, 5.74) is 3.88. The number of fused-ring (bicyclic) bond motifs is 1. The topological polar surface area (TPSA) is 101 Å². The lowest BCUT2D eigenvalue weighted by molar-refractivity contribution is 0.132. The molecule has 0 amide bonds. The maximum atomic E-state index is 12.5. The van der Waals surface area contributed by atoms with Gasteiger partial charge >= 0.3 is 0 Å². The van der Waals surface area contributed by atoms with Crippen LogP contribution in [0.5, 0.6) is 5.75 Å². The summed E-state index contributed by atoms with van der Waals surface area (Å²) in [5, 5.41) is 5.64. The normalized spacial score (nSPS) is 18.8. The fraction of sp³-hybridized carbons (Fsp3) is 0.333. The second kappa shape index (κ2) is 10.8. The summed E-state index contributed by atoms with van der Waals surface area (Å²) in [7, 11) is 1.74. The van der Waals surface area contributed by atoms with Crippen molar-refractivity contribution in [3.05, 3.63) is 82.9 Å². The molecule has 1 fully saturated rings. The summed E-state index contributed by atoms with van der Waals surface area (Å²) >= 11 is -2.23. The highest BCUT2D eigenvalue weighted by molar-refractivity contribution is 7.77. The first-order valence-electron chi connectivity index (χ1n) is 12.2. The van der Waals surface area contributed by atoms with Gasteiger partial charge in [0, 0.05) is 48.1 Å². The van der Waals surface area contributed by atoms with Crippen molar-refractivity contribution in [2.45, 2.75) is 38.3 Å². The van der Waals surface area contributed by atoms with Crippen LogP contribution in [-0.4, -0.2) is 35.8 Å². The zero-order valence-corrected chi connectivity index (χ0v) is 20.9. The zero-order valence-electron chi connectivity index (χ0n) is 20.1. The number of rotatable bonds is 8. The molecule has 2 heterocycles. The van der Waals surface area contributed by atoms with Gasteiger partial charge in [0.15, 0.2) is 0 Å². The number of nitrogens with one attached hydrogen (secondary N) is 1. The molecule has 1 saturated carbocycles. The van der Waals surface area contributed by atoms with Crippen LogP contribution >= 0.6 is 0 Å². The van der Waals surface area contributed by atoms with Crippen molar-refractivity contribution in [3.8, 4) is 16.9 Å². The molecule has 2 aromatic heterocycles. The lowest BCUT2D eigenvalue weighted by Crippen LogP contribution is -2.31. The first-order chi connectivity index (χ1) is 17.5. The Labute approximate surface area is 212 Å². The molecule has 188 valence electrons. The summed E-state index contributed by atoms with van der Waals surface area (Å²) in [4.78, 5) is 12.5. The highest BCUT2D eigenvalue weighted by atomic mass is 32.2. The largest absolute Gasteiger partial charge is 0.760 e. The molecule has 0 aliphatic heterocycles. The van der Waals surface area contributed by atoms with Gasteiger partial charge in [-0.15, -0.1) is 0 Å². The molecule has 4 aromatic rings. The summed E-state index contributed by atoms with van der Waals surface area (Å²) < 4.78 is 34.0. The quantitative estimate of drug-likeness (QED) is 0.368. The monoisotopic (exact) mass is 505 g/mol. The SMILES string of the molecule is Cn1cc(-c2ccc3cnn(Cc4ccccc4)c3c2)c(OC2CCC(CNS(=O)[O-])CC2)cc1=O. The van der Waals surface area contributed by atoms with Crippen molar-refractivity contribution < 1.29 is 13.5 Å². The van der Waals surface area contributed by atoms with E-state index in [0.717, 1.165) is 47.7 Å². The molecule has 1 N–H and O–H groups in total. The predicted octanol–water partition coefficient (Wildman–Crippen LogP) is 3.77. The molecule has 1 aliphatic carbocycles. The Balaban J connectivity index is 1.40. The molecule has 9 heteroatoms. The predicted molar refractivity (Wildman–Crippen MR) is 139 cm³/mol. The lowest BCUT2D eigenvalue weighted by atomic mass is 9.87. The van der Waals surface area contributed by atoms with E-state index in [9.17, 15) is 13.6 Å². The van der Waals surface area contributed by atoms with Crippen molar-refractivity contribution in [2.75, 3.05) is 6.54 Å². The summed E-state index contributed by atoms with van der Waals surface area (Å²) in [6.07, 6.45) is 7.06. The van der Waals surface area contributed by atoms with E-state index in [0.29, 0.717) is 24.8 Å².